The Morgan fingerprint density at radius 2 is 2.26 bits per heavy atom. The Morgan fingerprint density at radius 3 is 2.88 bits per heavy atom. The minimum Gasteiger partial charge on any atom is -0.477 e. The SMILES string of the molecule is CO/N=C(/C(=O)N[C@H]1C(=O)N2C(C(=O)O)=C(CSC(=O)c3ccco3)CS[C@H]12)c1csc(N)n1. The molecule has 15 heteroatoms. The number of furan rings is 1. The van der Waals surface area contributed by atoms with E-state index in [2.05, 4.69) is 15.5 Å². The van der Waals surface area contributed by atoms with Gasteiger partial charge in [0.05, 0.1) is 6.26 Å². The van der Waals surface area contributed by atoms with Gasteiger partial charge in [0, 0.05) is 16.9 Å². The molecule has 12 nitrogen and oxygen atoms in total. The van der Waals surface area contributed by atoms with E-state index in [9.17, 15) is 24.3 Å². The highest BCUT2D eigenvalue weighted by atomic mass is 32.2. The maximum atomic E-state index is 12.8. The summed E-state index contributed by atoms with van der Waals surface area (Å²) in [6.45, 7) is 0. The molecule has 34 heavy (non-hydrogen) atoms. The molecule has 4 N–H and O–H groups in total. The number of thiazole rings is 1. The Hall–Kier alpha value is -3.30. The highest BCUT2D eigenvalue weighted by Crippen LogP contribution is 2.41. The van der Waals surface area contributed by atoms with E-state index in [4.69, 9.17) is 15.0 Å². The molecule has 1 saturated heterocycles. The number of hydrogen-bond acceptors (Lipinski definition) is 12. The second kappa shape index (κ2) is 9.90. The number of aliphatic carboxylic acids is 1. The lowest BCUT2D eigenvalue weighted by Crippen LogP contribution is -2.71. The van der Waals surface area contributed by atoms with Crippen LogP contribution in [0.4, 0.5) is 5.13 Å². The van der Waals surface area contributed by atoms with Crippen molar-refractivity contribution in [3.8, 4) is 0 Å². The van der Waals surface area contributed by atoms with Gasteiger partial charge in [0.25, 0.3) is 16.9 Å². The van der Waals surface area contributed by atoms with Crippen molar-refractivity contribution in [1.82, 2.24) is 15.2 Å². The van der Waals surface area contributed by atoms with Gasteiger partial charge in [0.15, 0.2) is 16.6 Å². The third-order valence-electron chi connectivity index (χ3n) is 4.80. The second-order valence-electron chi connectivity index (χ2n) is 6.87. The summed E-state index contributed by atoms with van der Waals surface area (Å²) < 4.78 is 5.05. The lowest BCUT2D eigenvalue weighted by molar-refractivity contribution is -0.150. The molecule has 2 aromatic rings. The smallest absolute Gasteiger partial charge is 0.352 e. The minimum absolute atomic E-state index is 0.0809. The van der Waals surface area contributed by atoms with Crippen LogP contribution in [0.2, 0.25) is 0 Å². The molecule has 1 fully saturated rings. The lowest BCUT2D eigenvalue weighted by atomic mass is 10.0. The van der Waals surface area contributed by atoms with Crippen molar-refractivity contribution < 1.29 is 33.5 Å². The average Bonchev–Trinajstić information content (AvgIpc) is 3.50. The first-order valence-electron chi connectivity index (χ1n) is 9.55. The van der Waals surface area contributed by atoms with Crippen LogP contribution in [0.25, 0.3) is 0 Å². The van der Waals surface area contributed by atoms with Crippen molar-refractivity contribution >= 4 is 68.6 Å². The fraction of sp³-hybridized carbons (Fsp3) is 0.263. The molecule has 2 amide bonds. The summed E-state index contributed by atoms with van der Waals surface area (Å²) in [6.07, 6.45) is 1.37. The van der Waals surface area contributed by atoms with Gasteiger partial charge in [-0.05, 0) is 17.7 Å². The van der Waals surface area contributed by atoms with Crippen LogP contribution < -0.4 is 11.1 Å². The molecule has 0 unspecified atom stereocenters. The van der Waals surface area contributed by atoms with Crippen LogP contribution >= 0.6 is 34.9 Å². The van der Waals surface area contributed by atoms with Crippen LogP contribution in [0.15, 0.2) is 44.6 Å². The van der Waals surface area contributed by atoms with E-state index in [1.165, 1.54) is 36.6 Å². The molecule has 0 bridgehead atoms. The summed E-state index contributed by atoms with van der Waals surface area (Å²) in [6, 6.07) is 2.13. The Balaban J connectivity index is 1.47. The maximum absolute atomic E-state index is 12.8. The topological polar surface area (TPSA) is 177 Å². The molecule has 0 aromatic carbocycles. The number of carboxylic acid groups (broad SMARTS) is 1. The van der Waals surface area contributed by atoms with Crippen molar-refractivity contribution in [2.24, 2.45) is 5.16 Å². The third-order valence-corrected chi connectivity index (χ3v) is 7.77. The van der Waals surface area contributed by atoms with Gasteiger partial charge in [-0.3, -0.25) is 19.3 Å². The van der Waals surface area contributed by atoms with E-state index in [-0.39, 0.29) is 44.6 Å². The van der Waals surface area contributed by atoms with E-state index in [0.29, 0.717) is 5.57 Å². The number of aromatic nitrogens is 1. The van der Waals surface area contributed by atoms with Gasteiger partial charge in [-0.1, -0.05) is 16.9 Å². The fourth-order valence-electron chi connectivity index (χ4n) is 3.31. The first-order chi connectivity index (χ1) is 16.3. The van der Waals surface area contributed by atoms with Crippen LogP contribution in [0, 0.1) is 0 Å². The second-order valence-corrected chi connectivity index (χ2v) is 9.81. The summed E-state index contributed by atoms with van der Waals surface area (Å²) in [5.74, 6) is -2.08. The first kappa shape index (κ1) is 23.8. The highest BCUT2D eigenvalue weighted by Gasteiger charge is 2.54. The number of nitrogens with one attached hydrogen (secondary N) is 1. The van der Waals surface area contributed by atoms with Crippen molar-refractivity contribution in [2.75, 3.05) is 24.3 Å². The maximum Gasteiger partial charge on any atom is 0.352 e. The Labute approximate surface area is 204 Å². The number of nitrogens with zero attached hydrogens (tertiary/aromatic N) is 3. The van der Waals surface area contributed by atoms with Crippen molar-refractivity contribution in [2.45, 2.75) is 11.4 Å². The van der Waals surface area contributed by atoms with Crippen molar-refractivity contribution in [3.05, 3.63) is 46.5 Å². The zero-order chi connectivity index (χ0) is 24.4. The summed E-state index contributed by atoms with van der Waals surface area (Å²) in [7, 11) is 1.26. The molecule has 2 aliphatic heterocycles. The molecular formula is C19H17N5O7S3. The molecular weight excluding hydrogens is 506 g/mol. The largest absolute Gasteiger partial charge is 0.477 e. The number of nitrogens with two attached hydrogens (primary N) is 1. The molecule has 0 spiro atoms. The van der Waals surface area contributed by atoms with Gasteiger partial charge < -0.3 is 25.4 Å². The predicted molar refractivity (Wildman–Crippen MR) is 125 cm³/mol. The first-order valence-corrected chi connectivity index (χ1v) is 12.5. The molecule has 178 valence electrons. The Kier molecular flexibility index (Phi) is 6.95. The Morgan fingerprint density at radius 1 is 1.47 bits per heavy atom. The van der Waals surface area contributed by atoms with Gasteiger partial charge in [-0.15, -0.1) is 23.1 Å². The number of amides is 2. The van der Waals surface area contributed by atoms with Gasteiger partial charge in [-0.25, -0.2) is 9.78 Å². The number of anilines is 1. The van der Waals surface area contributed by atoms with Crippen LogP contribution in [-0.4, -0.2) is 73.6 Å². The zero-order valence-corrected chi connectivity index (χ0v) is 19.9. The van der Waals surface area contributed by atoms with Crippen LogP contribution in [0.1, 0.15) is 16.2 Å². The zero-order valence-electron chi connectivity index (χ0n) is 17.4. The minimum atomic E-state index is -1.29. The molecule has 2 aliphatic rings. The summed E-state index contributed by atoms with van der Waals surface area (Å²) >= 11 is 3.29. The molecule has 2 atom stereocenters. The van der Waals surface area contributed by atoms with E-state index in [1.54, 1.807) is 6.07 Å². The van der Waals surface area contributed by atoms with Crippen LogP contribution in [-0.2, 0) is 19.2 Å². The molecule has 0 aliphatic carbocycles. The number of carbonyl (C=O) groups is 4. The number of thioether (sulfide) groups is 2. The monoisotopic (exact) mass is 523 g/mol. The summed E-state index contributed by atoms with van der Waals surface area (Å²) in [4.78, 5) is 59.6. The number of fused-ring (bicyclic) bond motifs is 1. The number of nitrogen functional groups attached to an aromatic ring is 1. The van der Waals surface area contributed by atoms with Crippen LogP contribution in [0.3, 0.4) is 0 Å². The Bertz CT molecular complexity index is 1210. The summed E-state index contributed by atoms with van der Waals surface area (Å²) in [5, 5.41) is 16.8. The molecule has 4 rings (SSSR count). The number of β-lactam (4-membered cyclic amide) rings is 1. The fourth-order valence-corrected chi connectivity index (χ4v) is 6.14. The van der Waals surface area contributed by atoms with Gasteiger partial charge in [0.2, 0.25) is 0 Å². The van der Waals surface area contributed by atoms with Crippen molar-refractivity contribution in [3.63, 3.8) is 0 Å². The number of rotatable bonds is 8. The molecule has 0 radical (unpaired) electrons. The van der Waals surface area contributed by atoms with Crippen molar-refractivity contribution in [1.29, 1.82) is 0 Å². The molecule has 0 saturated carbocycles. The van der Waals surface area contributed by atoms with E-state index in [1.807, 2.05) is 0 Å². The van der Waals surface area contributed by atoms with Gasteiger partial charge in [-0.2, -0.15) is 0 Å². The molecule has 4 heterocycles. The number of oxime groups is 1. The van der Waals surface area contributed by atoms with Gasteiger partial charge in [0.1, 0.15) is 29.9 Å². The quantitative estimate of drug-likeness (QED) is 0.255. The standard InChI is InChI=1S/C19H17N5O7S3/c1-30-23-11(9-7-34-19(20)21-9)14(25)22-12-15(26)24-13(17(27)28)8(5-32-16(12)24)6-33-18(29)10-3-2-4-31-10/h2-4,7,12,16H,5-6H2,1H3,(H2,20,21)(H,22,25)(H,27,28)/b23-11+/t12-,16+/m0/s1. The number of carboxylic acids is 1. The van der Waals surface area contributed by atoms with E-state index >= 15 is 0 Å². The number of hydrogen-bond donors (Lipinski definition) is 3. The highest BCUT2D eigenvalue weighted by molar-refractivity contribution is 8.14. The van der Waals surface area contributed by atoms with Crippen LogP contribution in [0.5, 0.6) is 0 Å². The predicted octanol–water partition coefficient (Wildman–Crippen LogP) is 0.981. The number of carbonyl (C=O) groups excluding carboxylic acids is 3. The molecule has 2 aromatic heterocycles. The van der Waals surface area contributed by atoms with Gasteiger partial charge >= 0.3 is 5.97 Å². The lowest BCUT2D eigenvalue weighted by Gasteiger charge is -2.49. The summed E-state index contributed by atoms with van der Waals surface area (Å²) in [5.41, 5.74) is 5.89. The van der Waals surface area contributed by atoms with E-state index < -0.39 is 29.2 Å². The van der Waals surface area contributed by atoms with E-state index in [0.717, 1.165) is 28.0 Å². The third kappa shape index (κ3) is 4.53. The normalized spacial score (nSPS) is 20.0. The average molecular weight is 524 g/mol.